The molecule has 0 radical (unpaired) electrons. The van der Waals surface area contributed by atoms with Gasteiger partial charge in [0.2, 0.25) is 11.6 Å². The van der Waals surface area contributed by atoms with E-state index in [1.165, 1.54) is 0 Å². The molecule has 0 spiro atoms. The SMILES string of the molecule is O=c1[nH]c(-c2nonc2N2CCOCC2)no1. The average Bonchev–Trinajstić information content (AvgIpc) is 2.98. The lowest BCUT2D eigenvalue weighted by atomic mass is 10.3. The van der Waals surface area contributed by atoms with E-state index in [2.05, 4.69) is 29.6 Å². The van der Waals surface area contributed by atoms with Gasteiger partial charge in [-0.3, -0.25) is 9.51 Å². The number of anilines is 1. The molecule has 0 amide bonds. The summed E-state index contributed by atoms with van der Waals surface area (Å²) >= 11 is 0. The molecule has 2 aromatic rings. The molecule has 1 aliphatic rings. The fourth-order valence-corrected chi connectivity index (χ4v) is 1.65. The molecule has 1 aliphatic heterocycles. The fourth-order valence-electron chi connectivity index (χ4n) is 1.65. The quantitative estimate of drug-likeness (QED) is 0.728. The van der Waals surface area contributed by atoms with E-state index < -0.39 is 5.76 Å². The molecule has 0 bridgehead atoms. The first-order valence-corrected chi connectivity index (χ1v) is 5.06. The summed E-state index contributed by atoms with van der Waals surface area (Å²) in [7, 11) is 0. The summed E-state index contributed by atoms with van der Waals surface area (Å²) in [5.41, 5.74) is 0.359. The van der Waals surface area contributed by atoms with Crippen LogP contribution in [0.25, 0.3) is 11.5 Å². The van der Waals surface area contributed by atoms with Crippen LogP contribution in [-0.2, 0) is 4.74 Å². The van der Waals surface area contributed by atoms with E-state index in [0.29, 0.717) is 37.8 Å². The third-order valence-electron chi connectivity index (χ3n) is 2.45. The minimum Gasteiger partial charge on any atom is -0.378 e. The molecular formula is C8H9N5O4. The zero-order valence-electron chi connectivity index (χ0n) is 8.75. The number of rotatable bonds is 2. The van der Waals surface area contributed by atoms with Crippen molar-refractivity contribution in [1.82, 2.24) is 20.5 Å². The van der Waals surface area contributed by atoms with Gasteiger partial charge in [0.05, 0.1) is 13.2 Å². The van der Waals surface area contributed by atoms with Gasteiger partial charge in [0.1, 0.15) is 0 Å². The van der Waals surface area contributed by atoms with Gasteiger partial charge >= 0.3 is 5.76 Å². The normalized spacial score (nSPS) is 16.4. The van der Waals surface area contributed by atoms with E-state index in [0.717, 1.165) is 0 Å². The topological polar surface area (TPSA) is 110 Å². The summed E-state index contributed by atoms with van der Waals surface area (Å²) in [6, 6.07) is 0. The van der Waals surface area contributed by atoms with Crippen molar-refractivity contribution >= 4 is 5.82 Å². The summed E-state index contributed by atoms with van der Waals surface area (Å²) < 4.78 is 14.3. The first-order chi connectivity index (χ1) is 8.34. The number of nitrogens with one attached hydrogen (secondary N) is 1. The van der Waals surface area contributed by atoms with Crippen molar-refractivity contribution in [3.05, 3.63) is 10.6 Å². The second kappa shape index (κ2) is 4.01. The predicted molar refractivity (Wildman–Crippen MR) is 53.4 cm³/mol. The standard InChI is InChI=1S/C8H9N5O4/c14-8-9-6(11-16-8)5-7(12-17-10-5)13-1-3-15-4-2-13/h1-4H2,(H,9,11,14). The lowest BCUT2D eigenvalue weighted by Crippen LogP contribution is -2.36. The Kier molecular flexibility index (Phi) is 2.37. The van der Waals surface area contributed by atoms with E-state index in [9.17, 15) is 4.79 Å². The van der Waals surface area contributed by atoms with Gasteiger partial charge in [-0.25, -0.2) is 9.42 Å². The number of nitrogens with zero attached hydrogens (tertiary/aromatic N) is 4. The Bertz CT molecular complexity index is 552. The van der Waals surface area contributed by atoms with Gasteiger partial charge in [-0.2, -0.15) is 0 Å². The monoisotopic (exact) mass is 239 g/mol. The average molecular weight is 239 g/mol. The molecule has 3 rings (SSSR count). The smallest absolute Gasteiger partial charge is 0.378 e. The molecule has 2 aromatic heterocycles. The molecule has 0 saturated carbocycles. The van der Waals surface area contributed by atoms with Crippen molar-refractivity contribution in [3.63, 3.8) is 0 Å². The Morgan fingerprint density at radius 2 is 2.00 bits per heavy atom. The summed E-state index contributed by atoms with van der Waals surface area (Å²) in [6.07, 6.45) is 0. The van der Waals surface area contributed by atoms with Gasteiger partial charge in [0, 0.05) is 13.1 Å². The number of aromatic amines is 1. The Morgan fingerprint density at radius 3 is 2.71 bits per heavy atom. The van der Waals surface area contributed by atoms with Crippen LogP contribution in [0.1, 0.15) is 0 Å². The Morgan fingerprint density at radius 1 is 1.18 bits per heavy atom. The van der Waals surface area contributed by atoms with E-state index >= 15 is 0 Å². The van der Waals surface area contributed by atoms with Gasteiger partial charge in [-0.05, 0) is 10.3 Å². The Balaban J connectivity index is 1.95. The molecule has 1 fully saturated rings. The van der Waals surface area contributed by atoms with E-state index in [-0.39, 0.29) is 5.82 Å². The van der Waals surface area contributed by atoms with Crippen LogP contribution in [-0.4, -0.2) is 46.8 Å². The zero-order chi connectivity index (χ0) is 11.7. The van der Waals surface area contributed by atoms with E-state index in [1.54, 1.807) is 0 Å². The molecule has 9 heteroatoms. The lowest BCUT2D eigenvalue weighted by Gasteiger charge is -2.26. The van der Waals surface area contributed by atoms with Crippen LogP contribution in [0.5, 0.6) is 0 Å². The number of morpholine rings is 1. The molecule has 1 saturated heterocycles. The van der Waals surface area contributed by atoms with Crippen molar-refractivity contribution in [2.45, 2.75) is 0 Å². The number of hydrogen-bond donors (Lipinski definition) is 1. The molecule has 90 valence electrons. The molecule has 17 heavy (non-hydrogen) atoms. The highest BCUT2D eigenvalue weighted by atomic mass is 16.6. The summed E-state index contributed by atoms with van der Waals surface area (Å²) in [5, 5.41) is 11.1. The van der Waals surface area contributed by atoms with Crippen LogP contribution in [0.2, 0.25) is 0 Å². The molecule has 0 unspecified atom stereocenters. The van der Waals surface area contributed by atoms with Crippen LogP contribution in [0, 0.1) is 0 Å². The van der Waals surface area contributed by atoms with Crippen molar-refractivity contribution in [3.8, 4) is 11.5 Å². The maximum absolute atomic E-state index is 10.9. The van der Waals surface area contributed by atoms with Crippen LogP contribution < -0.4 is 10.7 Å². The molecule has 1 N–H and O–H groups in total. The zero-order valence-corrected chi connectivity index (χ0v) is 8.75. The fraction of sp³-hybridized carbons (Fsp3) is 0.500. The Hall–Kier alpha value is -2.16. The molecule has 0 aliphatic carbocycles. The lowest BCUT2D eigenvalue weighted by molar-refractivity contribution is 0.122. The predicted octanol–water partition coefficient (Wildman–Crippen LogP) is -0.751. The van der Waals surface area contributed by atoms with Gasteiger partial charge in [0.25, 0.3) is 0 Å². The minimum atomic E-state index is -0.643. The molecule has 3 heterocycles. The van der Waals surface area contributed by atoms with Crippen LogP contribution in [0.4, 0.5) is 5.82 Å². The summed E-state index contributed by atoms with van der Waals surface area (Å²) in [6.45, 7) is 2.59. The molecule has 0 aromatic carbocycles. The van der Waals surface area contributed by atoms with Gasteiger partial charge in [-0.15, -0.1) is 0 Å². The number of hydrogen-bond acceptors (Lipinski definition) is 8. The van der Waals surface area contributed by atoms with Gasteiger partial charge in [0.15, 0.2) is 5.69 Å². The van der Waals surface area contributed by atoms with Gasteiger partial charge < -0.3 is 9.64 Å². The second-order valence-corrected chi connectivity index (χ2v) is 3.48. The third-order valence-corrected chi connectivity index (χ3v) is 2.45. The van der Waals surface area contributed by atoms with Crippen molar-refractivity contribution in [2.75, 3.05) is 31.2 Å². The van der Waals surface area contributed by atoms with Crippen LogP contribution >= 0.6 is 0 Å². The van der Waals surface area contributed by atoms with Crippen molar-refractivity contribution < 1.29 is 13.9 Å². The van der Waals surface area contributed by atoms with Crippen molar-refractivity contribution in [2.24, 2.45) is 0 Å². The van der Waals surface area contributed by atoms with Crippen LogP contribution in [0.15, 0.2) is 13.9 Å². The Labute approximate surface area is 94.3 Å². The highest BCUT2D eigenvalue weighted by Crippen LogP contribution is 2.24. The first-order valence-electron chi connectivity index (χ1n) is 5.06. The van der Waals surface area contributed by atoms with E-state index in [4.69, 9.17) is 4.74 Å². The molecule has 9 nitrogen and oxygen atoms in total. The number of ether oxygens (including phenoxy) is 1. The van der Waals surface area contributed by atoms with Gasteiger partial charge in [-0.1, -0.05) is 5.16 Å². The summed E-state index contributed by atoms with van der Waals surface area (Å²) in [5.74, 6) is 0.0894. The van der Waals surface area contributed by atoms with Crippen LogP contribution in [0.3, 0.4) is 0 Å². The number of H-pyrrole nitrogens is 1. The highest BCUT2D eigenvalue weighted by molar-refractivity contribution is 5.65. The maximum Gasteiger partial charge on any atom is 0.439 e. The highest BCUT2D eigenvalue weighted by Gasteiger charge is 2.23. The second-order valence-electron chi connectivity index (χ2n) is 3.48. The van der Waals surface area contributed by atoms with Crippen molar-refractivity contribution in [1.29, 1.82) is 0 Å². The number of aromatic nitrogens is 4. The summed E-state index contributed by atoms with van der Waals surface area (Å²) in [4.78, 5) is 15.2. The first kappa shape index (κ1) is 10.0. The molecule has 0 atom stereocenters. The third kappa shape index (κ3) is 1.80. The maximum atomic E-state index is 10.9. The largest absolute Gasteiger partial charge is 0.439 e. The minimum absolute atomic E-state index is 0.206. The molecular weight excluding hydrogens is 230 g/mol. The van der Waals surface area contributed by atoms with E-state index in [1.807, 2.05) is 4.90 Å².